The number of rotatable bonds is 6. The van der Waals surface area contributed by atoms with Gasteiger partial charge >= 0.3 is 5.97 Å². The first-order valence-electron chi connectivity index (χ1n) is 8.54. The number of aliphatic hydroxyl groups is 1. The summed E-state index contributed by atoms with van der Waals surface area (Å²) in [6.45, 7) is 1.68. The van der Waals surface area contributed by atoms with E-state index in [0.717, 1.165) is 12.0 Å². The molecule has 1 heterocycles. The van der Waals surface area contributed by atoms with E-state index in [4.69, 9.17) is 11.6 Å². The Labute approximate surface area is 162 Å². The molecule has 2 aromatic carbocycles. The normalized spacial score (nSPS) is 11.2. The van der Waals surface area contributed by atoms with E-state index in [1.807, 2.05) is 43.3 Å². The summed E-state index contributed by atoms with van der Waals surface area (Å²) in [4.78, 5) is 16.2. The SMILES string of the molecule is CC/C=C/c1nc(Cl)c(CO)n1-c1ccc(-c2ccccc2)c(C(=O)O)c1. The smallest absolute Gasteiger partial charge is 0.336 e. The minimum Gasteiger partial charge on any atom is -0.478 e. The van der Waals surface area contributed by atoms with Crippen LogP contribution in [0.25, 0.3) is 22.9 Å². The van der Waals surface area contributed by atoms with E-state index >= 15 is 0 Å². The Morgan fingerprint density at radius 3 is 2.59 bits per heavy atom. The molecule has 0 aliphatic rings. The number of aromatic nitrogens is 2. The van der Waals surface area contributed by atoms with Crippen molar-refractivity contribution in [3.05, 3.63) is 76.8 Å². The predicted molar refractivity (Wildman–Crippen MR) is 106 cm³/mol. The number of hydrogen-bond donors (Lipinski definition) is 2. The Morgan fingerprint density at radius 1 is 1.22 bits per heavy atom. The highest BCUT2D eigenvalue weighted by Crippen LogP contribution is 2.29. The quantitative estimate of drug-likeness (QED) is 0.641. The van der Waals surface area contributed by atoms with Crippen molar-refractivity contribution in [2.24, 2.45) is 0 Å². The topological polar surface area (TPSA) is 75.4 Å². The molecule has 0 amide bonds. The Morgan fingerprint density at radius 2 is 1.96 bits per heavy atom. The molecule has 2 N–H and O–H groups in total. The van der Waals surface area contributed by atoms with Crippen molar-refractivity contribution in [1.29, 1.82) is 0 Å². The van der Waals surface area contributed by atoms with E-state index in [2.05, 4.69) is 4.98 Å². The van der Waals surface area contributed by atoms with Gasteiger partial charge in [0.25, 0.3) is 0 Å². The summed E-state index contributed by atoms with van der Waals surface area (Å²) >= 11 is 6.17. The summed E-state index contributed by atoms with van der Waals surface area (Å²) in [6, 6.07) is 14.5. The molecular weight excluding hydrogens is 364 g/mol. The largest absolute Gasteiger partial charge is 0.478 e. The first kappa shape index (κ1) is 18.9. The molecule has 1 aromatic heterocycles. The zero-order valence-electron chi connectivity index (χ0n) is 14.8. The lowest BCUT2D eigenvalue weighted by Crippen LogP contribution is -2.06. The van der Waals surface area contributed by atoms with Gasteiger partial charge in [0.2, 0.25) is 0 Å². The highest BCUT2D eigenvalue weighted by atomic mass is 35.5. The number of hydrogen-bond acceptors (Lipinski definition) is 3. The van der Waals surface area contributed by atoms with Crippen molar-refractivity contribution in [3.63, 3.8) is 0 Å². The molecule has 0 saturated carbocycles. The Bertz CT molecular complexity index is 994. The number of nitrogens with zero attached hydrogens (tertiary/aromatic N) is 2. The number of carbonyl (C=O) groups is 1. The Hall–Kier alpha value is -2.89. The maximum absolute atomic E-state index is 11.9. The van der Waals surface area contributed by atoms with Crippen LogP contribution in [-0.2, 0) is 6.61 Å². The van der Waals surface area contributed by atoms with Crippen molar-refractivity contribution in [3.8, 4) is 16.8 Å². The average molecular weight is 383 g/mol. The van der Waals surface area contributed by atoms with Gasteiger partial charge in [-0.25, -0.2) is 9.78 Å². The van der Waals surface area contributed by atoms with Crippen LogP contribution in [0.15, 0.2) is 54.6 Å². The number of carboxylic acid groups (broad SMARTS) is 1. The van der Waals surface area contributed by atoms with E-state index < -0.39 is 5.97 Å². The molecule has 27 heavy (non-hydrogen) atoms. The molecule has 0 spiro atoms. The van der Waals surface area contributed by atoms with Gasteiger partial charge in [0, 0.05) is 5.69 Å². The van der Waals surface area contributed by atoms with E-state index in [0.29, 0.717) is 22.8 Å². The van der Waals surface area contributed by atoms with Crippen molar-refractivity contribution >= 4 is 23.6 Å². The van der Waals surface area contributed by atoms with Gasteiger partial charge in [-0.15, -0.1) is 0 Å². The number of allylic oxidation sites excluding steroid dienone is 1. The minimum absolute atomic E-state index is 0.165. The van der Waals surface area contributed by atoms with Crippen molar-refractivity contribution in [2.45, 2.75) is 20.0 Å². The van der Waals surface area contributed by atoms with Crippen LogP contribution < -0.4 is 0 Å². The second kappa shape index (κ2) is 8.20. The van der Waals surface area contributed by atoms with Crippen LogP contribution in [0.5, 0.6) is 0 Å². The van der Waals surface area contributed by atoms with Crippen LogP contribution in [0.2, 0.25) is 5.15 Å². The van der Waals surface area contributed by atoms with Gasteiger partial charge in [-0.1, -0.05) is 61.0 Å². The van der Waals surface area contributed by atoms with E-state index in [9.17, 15) is 15.0 Å². The second-order valence-corrected chi connectivity index (χ2v) is 6.27. The highest BCUT2D eigenvalue weighted by Gasteiger charge is 2.18. The van der Waals surface area contributed by atoms with Gasteiger partial charge in [-0.2, -0.15) is 0 Å². The van der Waals surface area contributed by atoms with Crippen LogP contribution in [0.1, 0.15) is 35.2 Å². The zero-order valence-corrected chi connectivity index (χ0v) is 15.5. The molecule has 6 heteroatoms. The van der Waals surface area contributed by atoms with Crippen molar-refractivity contribution in [1.82, 2.24) is 9.55 Å². The fraction of sp³-hybridized carbons (Fsp3) is 0.143. The van der Waals surface area contributed by atoms with E-state index in [-0.39, 0.29) is 17.3 Å². The molecule has 0 unspecified atom stereocenters. The van der Waals surface area contributed by atoms with Gasteiger partial charge < -0.3 is 10.2 Å². The standard InChI is InChI=1S/C21H19ClN2O3/c1-2-3-9-19-23-20(22)18(13-25)24(19)15-10-11-16(17(12-15)21(26)27)14-7-5-4-6-8-14/h3-12,25H,2,13H2,1H3,(H,26,27)/b9-3+. The Kier molecular flexibility index (Phi) is 5.74. The molecule has 0 aliphatic heterocycles. The van der Waals surface area contributed by atoms with Gasteiger partial charge in [-0.3, -0.25) is 4.57 Å². The molecule has 0 fully saturated rings. The third-order valence-electron chi connectivity index (χ3n) is 4.18. The van der Waals surface area contributed by atoms with Crippen LogP contribution >= 0.6 is 11.6 Å². The molecule has 0 aliphatic carbocycles. The molecule has 138 valence electrons. The summed E-state index contributed by atoms with van der Waals surface area (Å²) in [5, 5.41) is 19.6. The molecule has 0 bridgehead atoms. The molecule has 3 aromatic rings. The lowest BCUT2D eigenvalue weighted by molar-refractivity contribution is 0.0697. The van der Waals surface area contributed by atoms with Gasteiger partial charge in [0.1, 0.15) is 5.82 Å². The lowest BCUT2D eigenvalue weighted by atomic mass is 9.99. The lowest BCUT2D eigenvalue weighted by Gasteiger charge is -2.13. The molecule has 3 rings (SSSR count). The van der Waals surface area contributed by atoms with Crippen LogP contribution in [0, 0.1) is 0 Å². The maximum Gasteiger partial charge on any atom is 0.336 e. The summed E-state index contributed by atoms with van der Waals surface area (Å²) in [5.41, 5.74) is 2.59. The third-order valence-corrected chi connectivity index (χ3v) is 4.48. The van der Waals surface area contributed by atoms with Crippen LogP contribution in [-0.4, -0.2) is 25.7 Å². The fourth-order valence-corrected chi connectivity index (χ4v) is 3.15. The monoisotopic (exact) mass is 382 g/mol. The third kappa shape index (κ3) is 3.79. The maximum atomic E-state index is 11.9. The van der Waals surface area contributed by atoms with Crippen molar-refractivity contribution < 1.29 is 15.0 Å². The molecule has 0 saturated heterocycles. The minimum atomic E-state index is -1.03. The number of benzene rings is 2. The number of aromatic carboxylic acids is 1. The molecule has 5 nitrogen and oxygen atoms in total. The van der Waals surface area contributed by atoms with Crippen molar-refractivity contribution in [2.75, 3.05) is 0 Å². The zero-order chi connectivity index (χ0) is 19.4. The summed E-state index contributed by atoms with van der Waals surface area (Å²) in [6.07, 6.45) is 4.54. The van der Waals surface area contributed by atoms with Gasteiger partial charge in [0.05, 0.1) is 17.9 Å². The van der Waals surface area contributed by atoms with Crippen LogP contribution in [0.4, 0.5) is 0 Å². The molecular formula is C21H19ClN2O3. The Balaban J connectivity index is 2.21. The predicted octanol–water partition coefficient (Wildman–Crippen LogP) is 4.81. The summed E-state index contributed by atoms with van der Waals surface area (Å²) in [5.74, 6) is -0.493. The number of halogens is 1. The summed E-state index contributed by atoms with van der Waals surface area (Å²) < 4.78 is 1.68. The number of aliphatic hydroxyl groups excluding tert-OH is 1. The van der Waals surface area contributed by atoms with Gasteiger partial charge in [-0.05, 0) is 35.8 Å². The highest BCUT2D eigenvalue weighted by molar-refractivity contribution is 6.30. The molecule has 0 atom stereocenters. The van der Waals surface area contributed by atoms with Gasteiger partial charge in [0.15, 0.2) is 5.15 Å². The molecule has 0 radical (unpaired) electrons. The second-order valence-electron chi connectivity index (χ2n) is 5.91. The first-order valence-corrected chi connectivity index (χ1v) is 8.92. The average Bonchev–Trinajstić information content (AvgIpc) is 3.01. The number of carboxylic acids is 1. The van der Waals surface area contributed by atoms with E-state index in [1.165, 1.54) is 0 Å². The summed E-state index contributed by atoms with van der Waals surface area (Å²) in [7, 11) is 0. The van der Waals surface area contributed by atoms with Crippen LogP contribution in [0.3, 0.4) is 0 Å². The number of imidazole rings is 1. The fourth-order valence-electron chi connectivity index (χ4n) is 2.92. The first-order chi connectivity index (χ1) is 13.1. The van der Waals surface area contributed by atoms with E-state index in [1.54, 1.807) is 28.8 Å².